The number of nitriles is 1. The van der Waals surface area contributed by atoms with Crippen molar-refractivity contribution in [2.24, 2.45) is 0 Å². The van der Waals surface area contributed by atoms with Crippen LogP contribution in [0.5, 0.6) is 0 Å². The van der Waals surface area contributed by atoms with E-state index in [1.807, 2.05) is 42.7 Å². The summed E-state index contributed by atoms with van der Waals surface area (Å²) < 4.78 is 0. The van der Waals surface area contributed by atoms with Gasteiger partial charge in [0, 0.05) is 25.5 Å². The van der Waals surface area contributed by atoms with Crippen LogP contribution in [0.1, 0.15) is 22.3 Å². The maximum atomic E-state index is 8.86. The zero-order chi connectivity index (χ0) is 13.7. The summed E-state index contributed by atoms with van der Waals surface area (Å²) in [5, 5.41) is 8.86. The second-order valence-corrected chi connectivity index (χ2v) is 4.78. The molecule has 1 aromatic carbocycles. The van der Waals surface area contributed by atoms with E-state index in [1.54, 1.807) is 0 Å². The summed E-state index contributed by atoms with van der Waals surface area (Å²) in [7, 11) is 2.10. The van der Waals surface area contributed by atoms with Crippen LogP contribution in [0.3, 0.4) is 0 Å². The Hall–Kier alpha value is -2.18. The largest absolute Gasteiger partial charge is 0.298 e. The third kappa shape index (κ3) is 3.64. The standard InChI is InChI=1S/C16H17N3/c1-13-9-15(10-17)3-4-16(13)12-19(2)11-14-5-7-18-8-6-14/h3-9H,11-12H2,1-2H3. The molecule has 0 fully saturated rings. The molecule has 0 unspecified atom stereocenters. The first-order valence-electron chi connectivity index (χ1n) is 6.26. The molecule has 0 spiro atoms. The molecule has 2 rings (SSSR count). The van der Waals surface area contributed by atoms with Gasteiger partial charge >= 0.3 is 0 Å². The maximum Gasteiger partial charge on any atom is 0.0991 e. The molecule has 0 N–H and O–H groups in total. The van der Waals surface area contributed by atoms with E-state index in [-0.39, 0.29) is 0 Å². The summed E-state index contributed by atoms with van der Waals surface area (Å²) in [5.41, 5.74) is 4.40. The van der Waals surface area contributed by atoms with Gasteiger partial charge in [-0.05, 0) is 54.9 Å². The van der Waals surface area contributed by atoms with Crippen LogP contribution in [0.4, 0.5) is 0 Å². The molecule has 0 aliphatic heterocycles. The van der Waals surface area contributed by atoms with Gasteiger partial charge < -0.3 is 0 Å². The van der Waals surface area contributed by atoms with Gasteiger partial charge in [0.05, 0.1) is 11.6 Å². The van der Waals surface area contributed by atoms with Crippen molar-refractivity contribution in [3.05, 3.63) is 65.0 Å². The first kappa shape index (κ1) is 13.3. The van der Waals surface area contributed by atoms with Crippen molar-refractivity contribution in [3.8, 4) is 6.07 Å². The predicted molar refractivity (Wildman–Crippen MR) is 75.3 cm³/mol. The van der Waals surface area contributed by atoms with Crippen LogP contribution in [-0.4, -0.2) is 16.9 Å². The Morgan fingerprint density at radius 2 is 1.89 bits per heavy atom. The third-order valence-electron chi connectivity index (χ3n) is 3.11. The van der Waals surface area contributed by atoms with Crippen LogP contribution >= 0.6 is 0 Å². The van der Waals surface area contributed by atoms with Crippen LogP contribution in [-0.2, 0) is 13.1 Å². The highest BCUT2D eigenvalue weighted by Crippen LogP contribution is 2.13. The Morgan fingerprint density at radius 1 is 1.16 bits per heavy atom. The molecule has 0 aliphatic rings. The van der Waals surface area contributed by atoms with Crippen LogP contribution in [0.15, 0.2) is 42.7 Å². The van der Waals surface area contributed by atoms with Gasteiger partial charge in [-0.1, -0.05) is 6.07 Å². The highest BCUT2D eigenvalue weighted by atomic mass is 15.1. The molecule has 0 bridgehead atoms. The second kappa shape index (κ2) is 6.12. The van der Waals surface area contributed by atoms with Gasteiger partial charge in [-0.15, -0.1) is 0 Å². The Labute approximate surface area is 114 Å². The highest BCUT2D eigenvalue weighted by molar-refractivity contribution is 5.37. The smallest absolute Gasteiger partial charge is 0.0991 e. The van der Waals surface area contributed by atoms with E-state index in [1.165, 1.54) is 16.7 Å². The molecule has 0 saturated carbocycles. The molecule has 3 nitrogen and oxygen atoms in total. The molecule has 1 heterocycles. The monoisotopic (exact) mass is 251 g/mol. The van der Waals surface area contributed by atoms with Crippen molar-refractivity contribution in [2.75, 3.05) is 7.05 Å². The van der Waals surface area contributed by atoms with E-state index in [0.717, 1.165) is 18.7 Å². The first-order valence-corrected chi connectivity index (χ1v) is 6.26. The average molecular weight is 251 g/mol. The minimum atomic E-state index is 0.720. The molecule has 1 aromatic heterocycles. The molecular weight excluding hydrogens is 234 g/mol. The quantitative estimate of drug-likeness (QED) is 0.838. The van der Waals surface area contributed by atoms with Crippen molar-refractivity contribution < 1.29 is 0 Å². The van der Waals surface area contributed by atoms with Gasteiger partial charge in [0.1, 0.15) is 0 Å². The Balaban J connectivity index is 2.03. The van der Waals surface area contributed by atoms with Crippen LogP contribution in [0, 0.1) is 18.3 Å². The van der Waals surface area contributed by atoms with Gasteiger partial charge in [0.15, 0.2) is 0 Å². The summed E-state index contributed by atoms with van der Waals surface area (Å²) >= 11 is 0. The summed E-state index contributed by atoms with van der Waals surface area (Å²) in [6, 6.07) is 12.1. The topological polar surface area (TPSA) is 39.9 Å². The molecule has 96 valence electrons. The molecule has 0 aliphatic carbocycles. The van der Waals surface area contributed by atoms with E-state index in [4.69, 9.17) is 5.26 Å². The number of aromatic nitrogens is 1. The molecule has 0 radical (unpaired) electrons. The van der Waals surface area contributed by atoms with Crippen molar-refractivity contribution in [1.29, 1.82) is 5.26 Å². The summed E-state index contributed by atoms with van der Waals surface area (Å²) in [5.74, 6) is 0. The molecular formula is C16H17N3. The number of nitrogens with zero attached hydrogens (tertiary/aromatic N) is 3. The number of aryl methyl sites for hydroxylation is 1. The van der Waals surface area contributed by atoms with Gasteiger partial charge in [-0.25, -0.2) is 0 Å². The van der Waals surface area contributed by atoms with Crippen molar-refractivity contribution in [1.82, 2.24) is 9.88 Å². The molecule has 0 saturated heterocycles. The number of pyridine rings is 1. The van der Waals surface area contributed by atoms with E-state index in [2.05, 4.69) is 29.9 Å². The fourth-order valence-electron chi connectivity index (χ4n) is 2.09. The van der Waals surface area contributed by atoms with Crippen molar-refractivity contribution >= 4 is 0 Å². The van der Waals surface area contributed by atoms with Crippen LogP contribution < -0.4 is 0 Å². The summed E-state index contributed by atoms with van der Waals surface area (Å²) in [6.07, 6.45) is 3.63. The van der Waals surface area contributed by atoms with Crippen LogP contribution in [0.25, 0.3) is 0 Å². The van der Waals surface area contributed by atoms with Crippen LogP contribution in [0.2, 0.25) is 0 Å². The zero-order valence-corrected chi connectivity index (χ0v) is 11.3. The van der Waals surface area contributed by atoms with E-state index in [9.17, 15) is 0 Å². The molecule has 3 heteroatoms. The molecule has 0 atom stereocenters. The minimum absolute atomic E-state index is 0.720. The number of rotatable bonds is 4. The highest BCUT2D eigenvalue weighted by Gasteiger charge is 2.05. The van der Waals surface area contributed by atoms with Gasteiger partial charge in [-0.3, -0.25) is 9.88 Å². The molecule has 2 aromatic rings. The Bertz CT molecular complexity index is 585. The van der Waals surface area contributed by atoms with Gasteiger partial charge in [0.2, 0.25) is 0 Å². The zero-order valence-electron chi connectivity index (χ0n) is 11.3. The number of benzene rings is 1. The Kier molecular flexibility index (Phi) is 4.27. The lowest BCUT2D eigenvalue weighted by atomic mass is 10.1. The summed E-state index contributed by atoms with van der Waals surface area (Å²) in [6.45, 7) is 3.82. The lowest BCUT2D eigenvalue weighted by Crippen LogP contribution is -2.17. The molecule has 0 amide bonds. The van der Waals surface area contributed by atoms with Crippen molar-refractivity contribution in [3.63, 3.8) is 0 Å². The lowest BCUT2D eigenvalue weighted by molar-refractivity contribution is 0.318. The normalized spacial score (nSPS) is 10.4. The molecule has 19 heavy (non-hydrogen) atoms. The SMILES string of the molecule is Cc1cc(C#N)ccc1CN(C)Cc1ccncc1. The van der Waals surface area contributed by atoms with Gasteiger partial charge in [-0.2, -0.15) is 5.26 Å². The maximum absolute atomic E-state index is 8.86. The number of hydrogen-bond donors (Lipinski definition) is 0. The Morgan fingerprint density at radius 3 is 2.53 bits per heavy atom. The number of hydrogen-bond acceptors (Lipinski definition) is 3. The van der Waals surface area contributed by atoms with E-state index < -0.39 is 0 Å². The minimum Gasteiger partial charge on any atom is -0.298 e. The average Bonchev–Trinajstić information content (AvgIpc) is 2.42. The summed E-state index contributed by atoms with van der Waals surface area (Å²) in [4.78, 5) is 6.27. The van der Waals surface area contributed by atoms with Crippen molar-refractivity contribution in [2.45, 2.75) is 20.0 Å². The van der Waals surface area contributed by atoms with E-state index >= 15 is 0 Å². The predicted octanol–water partition coefficient (Wildman–Crippen LogP) is 2.89. The lowest BCUT2D eigenvalue weighted by Gasteiger charge is -2.18. The second-order valence-electron chi connectivity index (χ2n) is 4.78. The van der Waals surface area contributed by atoms with E-state index in [0.29, 0.717) is 0 Å². The van der Waals surface area contributed by atoms with Gasteiger partial charge in [0.25, 0.3) is 0 Å². The fraction of sp³-hybridized carbons (Fsp3) is 0.250. The fourth-order valence-corrected chi connectivity index (χ4v) is 2.09. The first-order chi connectivity index (χ1) is 9.19. The third-order valence-corrected chi connectivity index (χ3v) is 3.11.